The van der Waals surface area contributed by atoms with E-state index in [4.69, 9.17) is 9.52 Å². The van der Waals surface area contributed by atoms with Gasteiger partial charge in [0.1, 0.15) is 0 Å². The highest BCUT2D eigenvalue weighted by atomic mass is 16.4. The number of aromatic nitrogens is 1. The van der Waals surface area contributed by atoms with Crippen LogP contribution in [0.4, 0.5) is 0 Å². The van der Waals surface area contributed by atoms with Crippen LogP contribution in [0.1, 0.15) is 82.2 Å². The number of benzene rings is 2. The van der Waals surface area contributed by atoms with E-state index in [1.54, 1.807) is 24.3 Å². The first-order valence-corrected chi connectivity index (χ1v) is 12.6. The normalized spacial score (nSPS) is 14.5. The Kier molecular flexibility index (Phi) is 6.97. The zero-order valence-corrected chi connectivity index (χ0v) is 20.4. The van der Waals surface area contributed by atoms with Crippen molar-refractivity contribution in [1.82, 2.24) is 4.98 Å². The second-order valence-corrected chi connectivity index (χ2v) is 9.46. The van der Waals surface area contributed by atoms with Gasteiger partial charge in [-0.15, -0.1) is 0 Å². The number of aromatic amines is 1. The first-order valence-electron chi connectivity index (χ1n) is 12.6. The highest BCUT2D eigenvalue weighted by Gasteiger charge is 2.31. The Morgan fingerprint density at radius 1 is 1.03 bits per heavy atom. The molecular formula is C30H29NO6. The van der Waals surface area contributed by atoms with Gasteiger partial charge in [0.25, 0.3) is 0 Å². The Labute approximate surface area is 214 Å². The molecule has 1 saturated carbocycles. The smallest absolute Gasteiger partial charge is 0.372 e. The predicted molar refractivity (Wildman–Crippen MR) is 141 cm³/mol. The molecule has 0 aliphatic heterocycles. The summed E-state index contributed by atoms with van der Waals surface area (Å²) in [5, 5.41) is 30.5. The third kappa shape index (κ3) is 4.70. The van der Waals surface area contributed by atoms with Gasteiger partial charge in [0, 0.05) is 18.2 Å². The fraction of sp³-hybridized carbons (Fsp3) is 0.267. The maximum atomic E-state index is 13.5. The minimum Gasteiger partial charge on any atom is -0.504 e. The number of rotatable bonds is 8. The summed E-state index contributed by atoms with van der Waals surface area (Å²) in [4.78, 5) is 28.6. The van der Waals surface area contributed by atoms with E-state index < -0.39 is 29.0 Å². The fourth-order valence-electron chi connectivity index (χ4n) is 5.26. The van der Waals surface area contributed by atoms with Gasteiger partial charge in [-0.1, -0.05) is 73.9 Å². The van der Waals surface area contributed by atoms with Crippen LogP contribution in [0.25, 0.3) is 28.1 Å². The molecule has 2 aromatic heterocycles. The van der Waals surface area contributed by atoms with Crippen LogP contribution in [0, 0.1) is 0 Å². The Morgan fingerprint density at radius 3 is 2.49 bits per heavy atom. The molecule has 7 nitrogen and oxygen atoms in total. The molecule has 1 fully saturated rings. The average Bonchev–Trinajstić information content (AvgIpc) is 3.51. The van der Waals surface area contributed by atoms with Crippen LogP contribution in [0.5, 0.6) is 5.75 Å². The number of para-hydroxylation sites is 1. The predicted octanol–water partition coefficient (Wildman–Crippen LogP) is 6.51. The van der Waals surface area contributed by atoms with Crippen molar-refractivity contribution in [3.8, 4) is 16.9 Å². The molecule has 2 aromatic carbocycles. The number of carboxylic acid groups (broad SMARTS) is 1. The van der Waals surface area contributed by atoms with Crippen molar-refractivity contribution >= 4 is 28.7 Å². The summed E-state index contributed by atoms with van der Waals surface area (Å²) >= 11 is 0. The summed E-state index contributed by atoms with van der Waals surface area (Å²) in [6.07, 6.45) is 11.7. The lowest BCUT2D eigenvalue weighted by atomic mass is 9.83. The Bertz CT molecular complexity index is 1470. The standard InChI is InChI=1S/C30H29NO6/c32-16-5-4-9-21-10-6-11-22-23(17-31-25(21)22)26(33)29-27(34)24(28(37-29)30(35)36)20-14-12-19(13-15-20)18-7-2-1-3-8-18/h4,6,9-15,17-18,31-32,34H,1-3,5,7-8,16H2,(H,35,36). The number of carboxylic acids is 1. The number of hydrogen-bond acceptors (Lipinski definition) is 5. The largest absolute Gasteiger partial charge is 0.504 e. The average molecular weight is 500 g/mol. The minimum absolute atomic E-state index is 0.00138. The van der Waals surface area contributed by atoms with Gasteiger partial charge in [-0.05, 0) is 41.9 Å². The third-order valence-electron chi connectivity index (χ3n) is 7.14. The van der Waals surface area contributed by atoms with Crippen LogP contribution in [0.2, 0.25) is 0 Å². The highest BCUT2D eigenvalue weighted by molar-refractivity contribution is 6.18. The first-order chi connectivity index (χ1) is 18.0. The van der Waals surface area contributed by atoms with Crippen LogP contribution < -0.4 is 0 Å². The molecule has 0 spiro atoms. The quantitative estimate of drug-likeness (QED) is 0.205. The molecular weight excluding hydrogens is 470 g/mol. The SMILES string of the molecule is O=C(O)c1oc(C(=O)c2c[nH]c3c(C=CCCO)cccc23)c(O)c1-c1ccc(C2CCCCC2)cc1. The van der Waals surface area contributed by atoms with E-state index in [9.17, 15) is 19.8 Å². The van der Waals surface area contributed by atoms with Crippen LogP contribution in [0.15, 0.2) is 59.2 Å². The zero-order chi connectivity index (χ0) is 25.9. The molecule has 0 radical (unpaired) electrons. The van der Waals surface area contributed by atoms with Crippen molar-refractivity contribution in [3.05, 3.63) is 82.9 Å². The molecule has 0 amide bonds. The number of nitrogens with one attached hydrogen (secondary N) is 1. The zero-order valence-electron chi connectivity index (χ0n) is 20.4. The number of carbonyl (C=O) groups excluding carboxylic acids is 1. The van der Waals surface area contributed by atoms with Crippen LogP contribution in [0.3, 0.4) is 0 Å². The molecule has 1 aliphatic carbocycles. The van der Waals surface area contributed by atoms with E-state index in [-0.39, 0.29) is 17.7 Å². The first kappa shape index (κ1) is 24.6. The van der Waals surface area contributed by atoms with Gasteiger partial charge < -0.3 is 24.7 Å². The van der Waals surface area contributed by atoms with Crippen molar-refractivity contribution in [1.29, 1.82) is 0 Å². The molecule has 2 heterocycles. The lowest BCUT2D eigenvalue weighted by Gasteiger charge is -2.22. The lowest BCUT2D eigenvalue weighted by Crippen LogP contribution is -2.04. The van der Waals surface area contributed by atoms with Gasteiger partial charge in [-0.3, -0.25) is 4.79 Å². The summed E-state index contributed by atoms with van der Waals surface area (Å²) in [5.74, 6) is -2.86. The molecule has 5 rings (SSSR count). The molecule has 0 saturated heterocycles. The number of aromatic carboxylic acids is 1. The highest BCUT2D eigenvalue weighted by Crippen LogP contribution is 2.41. The topological polar surface area (TPSA) is 124 Å². The van der Waals surface area contributed by atoms with E-state index in [0.717, 1.165) is 18.4 Å². The molecule has 190 valence electrons. The molecule has 0 unspecified atom stereocenters. The molecule has 4 N–H and O–H groups in total. The van der Waals surface area contributed by atoms with Gasteiger partial charge >= 0.3 is 5.97 Å². The lowest BCUT2D eigenvalue weighted by molar-refractivity contribution is 0.0661. The van der Waals surface area contributed by atoms with E-state index in [1.165, 1.54) is 31.0 Å². The molecule has 4 aromatic rings. The van der Waals surface area contributed by atoms with Gasteiger partial charge in [-0.25, -0.2) is 4.79 Å². The van der Waals surface area contributed by atoms with Crippen molar-refractivity contribution in [2.45, 2.75) is 44.4 Å². The number of H-pyrrole nitrogens is 1. The minimum atomic E-state index is -1.36. The van der Waals surface area contributed by atoms with Gasteiger partial charge in [0.05, 0.1) is 16.6 Å². The van der Waals surface area contributed by atoms with Gasteiger partial charge in [0.2, 0.25) is 17.3 Å². The molecule has 0 atom stereocenters. The van der Waals surface area contributed by atoms with Crippen LogP contribution in [-0.2, 0) is 0 Å². The maximum Gasteiger partial charge on any atom is 0.372 e. The number of aromatic hydroxyl groups is 1. The van der Waals surface area contributed by atoms with Crippen LogP contribution in [-0.4, -0.2) is 38.7 Å². The molecule has 0 bridgehead atoms. The number of carbonyl (C=O) groups is 2. The number of ketones is 1. The summed E-state index contributed by atoms with van der Waals surface area (Å²) < 4.78 is 5.50. The van der Waals surface area contributed by atoms with Crippen molar-refractivity contribution in [3.63, 3.8) is 0 Å². The number of furan rings is 1. The summed E-state index contributed by atoms with van der Waals surface area (Å²) in [7, 11) is 0. The van der Waals surface area contributed by atoms with Gasteiger partial charge in [-0.2, -0.15) is 0 Å². The molecule has 1 aliphatic rings. The van der Waals surface area contributed by atoms with Crippen molar-refractivity contribution in [2.75, 3.05) is 6.61 Å². The summed E-state index contributed by atoms with van der Waals surface area (Å²) in [5.41, 5.74) is 3.47. The number of aliphatic hydroxyl groups is 1. The van der Waals surface area contributed by atoms with Crippen molar-refractivity contribution in [2.24, 2.45) is 0 Å². The van der Waals surface area contributed by atoms with Gasteiger partial charge in [0.15, 0.2) is 5.75 Å². The Morgan fingerprint density at radius 2 is 1.78 bits per heavy atom. The third-order valence-corrected chi connectivity index (χ3v) is 7.14. The van der Waals surface area contributed by atoms with E-state index >= 15 is 0 Å². The van der Waals surface area contributed by atoms with E-state index in [2.05, 4.69) is 4.98 Å². The monoisotopic (exact) mass is 499 g/mol. The summed E-state index contributed by atoms with van der Waals surface area (Å²) in [6.45, 7) is 0.0380. The van der Waals surface area contributed by atoms with Crippen molar-refractivity contribution < 1.29 is 29.3 Å². The van der Waals surface area contributed by atoms with E-state index in [1.807, 2.05) is 30.4 Å². The summed E-state index contributed by atoms with van der Waals surface area (Å²) in [6, 6.07) is 13.0. The molecule has 7 heteroatoms. The second-order valence-electron chi connectivity index (χ2n) is 9.46. The maximum absolute atomic E-state index is 13.5. The molecule has 37 heavy (non-hydrogen) atoms. The number of fused-ring (bicyclic) bond motifs is 1. The van der Waals surface area contributed by atoms with E-state index in [0.29, 0.717) is 28.8 Å². The fourth-order valence-corrected chi connectivity index (χ4v) is 5.26. The van der Waals surface area contributed by atoms with Crippen LogP contribution >= 0.6 is 0 Å². The second kappa shape index (κ2) is 10.5. The number of aliphatic hydroxyl groups excluding tert-OH is 1. The number of hydrogen-bond donors (Lipinski definition) is 4. The Hall–Kier alpha value is -4.10. The Balaban J connectivity index is 1.51.